The first-order chi connectivity index (χ1) is 11.5. The summed E-state index contributed by atoms with van der Waals surface area (Å²) in [6.45, 7) is 4.48. The lowest BCUT2D eigenvalue weighted by atomic mass is 10.1. The minimum atomic E-state index is -0.331. The van der Waals surface area contributed by atoms with Gasteiger partial charge >= 0.3 is 0 Å². The van der Waals surface area contributed by atoms with Crippen molar-refractivity contribution in [1.29, 1.82) is 0 Å². The molecule has 2 amide bonds. The highest BCUT2D eigenvalue weighted by Crippen LogP contribution is 2.20. The molecule has 1 aliphatic heterocycles. The lowest BCUT2D eigenvalue weighted by Gasteiger charge is -2.20. The first kappa shape index (κ1) is 16.1. The average molecular weight is 329 g/mol. The van der Waals surface area contributed by atoms with Crippen molar-refractivity contribution in [3.05, 3.63) is 30.4 Å². The minimum absolute atomic E-state index is 0.0166. The lowest BCUT2D eigenvalue weighted by Crippen LogP contribution is -2.35. The van der Waals surface area contributed by atoms with Gasteiger partial charge in [-0.25, -0.2) is 0 Å². The summed E-state index contributed by atoms with van der Waals surface area (Å²) >= 11 is 0. The molecule has 1 atom stereocenters. The molecule has 0 bridgehead atoms. The van der Waals surface area contributed by atoms with Crippen LogP contribution in [0.2, 0.25) is 0 Å². The monoisotopic (exact) mass is 329 g/mol. The molecule has 0 aromatic carbocycles. The first-order valence-corrected chi connectivity index (χ1v) is 7.84. The van der Waals surface area contributed by atoms with Crippen LogP contribution < -0.4 is 5.32 Å². The normalized spacial score (nSPS) is 17.5. The number of aromatic nitrogens is 3. The molecule has 2 aromatic rings. The molecule has 0 aliphatic carbocycles. The zero-order valence-electron chi connectivity index (χ0n) is 13.6. The molecule has 2 aromatic heterocycles. The van der Waals surface area contributed by atoms with Crippen LogP contribution in [0.15, 0.2) is 29.0 Å². The van der Waals surface area contributed by atoms with E-state index in [1.54, 1.807) is 29.4 Å². The van der Waals surface area contributed by atoms with Gasteiger partial charge in [-0.3, -0.25) is 14.6 Å². The van der Waals surface area contributed by atoms with Crippen LogP contribution in [0.1, 0.15) is 26.2 Å². The van der Waals surface area contributed by atoms with E-state index in [0.29, 0.717) is 18.3 Å². The second kappa shape index (κ2) is 6.77. The molecule has 0 radical (unpaired) electrons. The maximum absolute atomic E-state index is 12.2. The van der Waals surface area contributed by atoms with E-state index in [2.05, 4.69) is 20.4 Å². The number of carbonyl (C=O) groups excluding carboxylic acids is 2. The molecule has 0 saturated carbocycles. The third-order valence-electron chi connectivity index (χ3n) is 3.97. The number of amides is 2. The van der Waals surface area contributed by atoms with Crippen LogP contribution in [0, 0.1) is 5.92 Å². The summed E-state index contributed by atoms with van der Waals surface area (Å²) in [5, 5.41) is 6.64. The van der Waals surface area contributed by atoms with Crippen LogP contribution in [0.4, 0.5) is 0 Å². The molecule has 0 unspecified atom stereocenters. The van der Waals surface area contributed by atoms with Gasteiger partial charge in [-0.05, 0) is 26.0 Å². The van der Waals surface area contributed by atoms with Crippen molar-refractivity contribution in [3.8, 4) is 11.4 Å². The molecule has 1 N–H and O–H groups in total. The Labute approximate surface area is 139 Å². The van der Waals surface area contributed by atoms with Crippen molar-refractivity contribution in [2.24, 2.45) is 5.92 Å². The molecule has 8 nitrogen and oxygen atoms in total. The predicted molar refractivity (Wildman–Crippen MR) is 84.3 cm³/mol. The Hall–Kier alpha value is -2.77. The van der Waals surface area contributed by atoms with Crippen molar-refractivity contribution in [2.45, 2.75) is 32.9 Å². The van der Waals surface area contributed by atoms with E-state index in [1.807, 2.05) is 13.8 Å². The van der Waals surface area contributed by atoms with Crippen LogP contribution in [-0.4, -0.2) is 44.4 Å². The topological polar surface area (TPSA) is 101 Å². The van der Waals surface area contributed by atoms with Gasteiger partial charge in [-0.15, -0.1) is 0 Å². The van der Waals surface area contributed by atoms with Gasteiger partial charge in [0, 0.05) is 37.0 Å². The number of likely N-dealkylation sites (tertiary alicyclic amines) is 1. The van der Waals surface area contributed by atoms with E-state index >= 15 is 0 Å². The van der Waals surface area contributed by atoms with E-state index in [0.717, 1.165) is 5.56 Å². The molecule has 1 fully saturated rings. The number of nitrogens with one attached hydrogen (secondary N) is 1. The SMILES string of the molecule is CC(C)N1C[C@@H](C(=O)NCc2nc(-c3ccncc3)no2)CC1=O. The summed E-state index contributed by atoms with van der Waals surface area (Å²) in [5.74, 6) is 0.282. The van der Waals surface area contributed by atoms with Crippen LogP contribution in [0.25, 0.3) is 11.4 Å². The van der Waals surface area contributed by atoms with E-state index in [1.165, 1.54) is 0 Å². The Morgan fingerprint density at radius 1 is 1.42 bits per heavy atom. The Kier molecular flexibility index (Phi) is 4.54. The molecule has 24 heavy (non-hydrogen) atoms. The zero-order valence-corrected chi connectivity index (χ0v) is 13.6. The van der Waals surface area contributed by atoms with Crippen molar-refractivity contribution < 1.29 is 14.1 Å². The number of carbonyl (C=O) groups is 2. The maximum atomic E-state index is 12.2. The van der Waals surface area contributed by atoms with Gasteiger partial charge in [0.25, 0.3) is 0 Å². The Morgan fingerprint density at radius 2 is 2.17 bits per heavy atom. The van der Waals surface area contributed by atoms with Gasteiger partial charge in [-0.2, -0.15) is 4.98 Å². The maximum Gasteiger partial charge on any atom is 0.246 e. The van der Waals surface area contributed by atoms with Crippen LogP contribution in [-0.2, 0) is 16.1 Å². The third kappa shape index (κ3) is 3.42. The summed E-state index contributed by atoms with van der Waals surface area (Å²) in [6.07, 6.45) is 3.53. The van der Waals surface area contributed by atoms with Gasteiger partial charge in [0.1, 0.15) is 0 Å². The molecular weight excluding hydrogens is 310 g/mol. The number of hydrogen-bond acceptors (Lipinski definition) is 6. The summed E-state index contributed by atoms with van der Waals surface area (Å²) in [4.78, 5) is 34.0. The van der Waals surface area contributed by atoms with Gasteiger partial charge in [0.15, 0.2) is 0 Å². The number of rotatable bonds is 5. The number of nitrogens with zero attached hydrogens (tertiary/aromatic N) is 4. The fraction of sp³-hybridized carbons (Fsp3) is 0.438. The highest BCUT2D eigenvalue weighted by molar-refractivity contribution is 5.89. The standard InChI is InChI=1S/C16H19N5O3/c1-10(2)21-9-12(7-14(21)22)16(23)18-8-13-19-15(20-24-13)11-3-5-17-6-4-11/h3-6,10,12H,7-9H2,1-2H3,(H,18,23)/t12-/m0/s1. The smallest absolute Gasteiger partial charge is 0.246 e. The second-order valence-corrected chi connectivity index (χ2v) is 6.01. The number of pyridine rings is 1. The highest BCUT2D eigenvalue weighted by atomic mass is 16.5. The van der Waals surface area contributed by atoms with E-state index in [9.17, 15) is 9.59 Å². The minimum Gasteiger partial charge on any atom is -0.347 e. The van der Waals surface area contributed by atoms with E-state index in [4.69, 9.17) is 4.52 Å². The second-order valence-electron chi connectivity index (χ2n) is 6.01. The fourth-order valence-electron chi connectivity index (χ4n) is 2.66. The Balaban J connectivity index is 1.56. The van der Waals surface area contributed by atoms with Gasteiger partial charge < -0.3 is 14.7 Å². The Morgan fingerprint density at radius 3 is 2.83 bits per heavy atom. The summed E-state index contributed by atoms with van der Waals surface area (Å²) in [5.41, 5.74) is 0.792. The first-order valence-electron chi connectivity index (χ1n) is 7.84. The molecule has 1 aliphatic rings. The highest BCUT2D eigenvalue weighted by Gasteiger charge is 2.35. The lowest BCUT2D eigenvalue weighted by molar-refractivity contribution is -0.130. The van der Waals surface area contributed by atoms with Gasteiger partial charge in [0.05, 0.1) is 12.5 Å². The fourth-order valence-corrected chi connectivity index (χ4v) is 2.66. The largest absolute Gasteiger partial charge is 0.347 e. The van der Waals surface area contributed by atoms with Crippen LogP contribution in [0.3, 0.4) is 0 Å². The van der Waals surface area contributed by atoms with E-state index < -0.39 is 0 Å². The predicted octanol–water partition coefficient (Wildman–Crippen LogP) is 1.00. The van der Waals surface area contributed by atoms with Crippen molar-refractivity contribution in [2.75, 3.05) is 6.54 Å². The molecule has 0 spiro atoms. The quantitative estimate of drug-likeness (QED) is 0.878. The van der Waals surface area contributed by atoms with E-state index in [-0.39, 0.29) is 36.7 Å². The van der Waals surface area contributed by atoms with Crippen molar-refractivity contribution >= 4 is 11.8 Å². The van der Waals surface area contributed by atoms with Gasteiger partial charge in [0.2, 0.25) is 23.5 Å². The molecule has 3 rings (SSSR count). The zero-order chi connectivity index (χ0) is 17.1. The summed E-state index contributed by atoms with van der Waals surface area (Å²) < 4.78 is 5.14. The molecule has 126 valence electrons. The molecule has 1 saturated heterocycles. The van der Waals surface area contributed by atoms with Crippen molar-refractivity contribution in [3.63, 3.8) is 0 Å². The average Bonchev–Trinajstić information content (AvgIpc) is 3.20. The van der Waals surface area contributed by atoms with Crippen LogP contribution >= 0.6 is 0 Å². The molecular formula is C16H19N5O3. The third-order valence-corrected chi connectivity index (χ3v) is 3.97. The van der Waals surface area contributed by atoms with Gasteiger partial charge in [-0.1, -0.05) is 5.16 Å². The molecule has 3 heterocycles. The van der Waals surface area contributed by atoms with Crippen LogP contribution in [0.5, 0.6) is 0 Å². The number of hydrogen-bond donors (Lipinski definition) is 1. The van der Waals surface area contributed by atoms with Crippen molar-refractivity contribution in [1.82, 2.24) is 25.3 Å². The molecule has 8 heteroatoms. The Bertz CT molecular complexity index is 728. The summed E-state index contributed by atoms with van der Waals surface area (Å²) in [6, 6.07) is 3.66. The summed E-state index contributed by atoms with van der Waals surface area (Å²) in [7, 11) is 0.